The van der Waals surface area contributed by atoms with Crippen LogP contribution in [0.4, 0.5) is 0 Å². The largest absolute Gasteiger partial charge is 0.507 e. The summed E-state index contributed by atoms with van der Waals surface area (Å²) in [4.78, 5) is 22.2. The Kier molecular flexibility index (Phi) is 2.50. The first kappa shape index (κ1) is 12.0. The third-order valence-electron chi connectivity index (χ3n) is 2.72. The van der Waals surface area contributed by atoms with Gasteiger partial charge in [-0.3, -0.25) is 4.79 Å². The van der Waals surface area contributed by atoms with Crippen molar-refractivity contribution in [2.45, 2.75) is 13.8 Å². The first-order valence-corrected chi connectivity index (χ1v) is 5.06. The number of aryl methyl sites for hydroxylation is 1. The summed E-state index contributed by atoms with van der Waals surface area (Å²) in [6.07, 6.45) is 0. The molecule has 0 bridgehead atoms. The van der Waals surface area contributed by atoms with E-state index in [1.807, 2.05) is 0 Å². The SMILES string of the molecule is CC(=O)c1c(O)cc2oc(C(=O)O)c(C)c2c1O. The molecule has 6 nitrogen and oxygen atoms in total. The van der Waals surface area contributed by atoms with Gasteiger partial charge in [0.1, 0.15) is 22.6 Å². The molecular weight excluding hydrogens is 240 g/mol. The van der Waals surface area contributed by atoms with Crippen LogP contribution >= 0.6 is 0 Å². The van der Waals surface area contributed by atoms with Crippen molar-refractivity contribution in [2.75, 3.05) is 0 Å². The van der Waals surface area contributed by atoms with Crippen molar-refractivity contribution in [3.05, 3.63) is 23.0 Å². The van der Waals surface area contributed by atoms with E-state index in [0.717, 1.165) is 6.07 Å². The highest BCUT2D eigenvalue weighted by molar-refractivity contribution is 6.07. The van der Waals surface area contributed by atoms with E-state index in [9.17, 15) is 19.8 Å². The fourth-order valence-corrected chi connectivity index (χ4v) is 1.93. The summed E-state index contributed by atoms with van der Waals surface area (Å²) in [7, 11) is 0. The van der Waals surface area contributed by atoms with Crippen LogP contribution in [-0.2, 0) is 0 Å². The number of hydrogen-bond acceptors (Lipinski definition) is 5. The van der Waals surface area contributed by atoms with Crippen molar-refractivity contribution in [3.8, 4) is 11.5 Å². The molecule has 18 heavy (non-hydrogen) atoms. The van der Waals surface area contributed by atoms with Gasteiger partial charge in [0.15, 0.2) is 5.78 Å². The van der Waals surface area contributed by atoms with Gasteiger partial charge in [-0.15, -0.1) is 0 Å². The van der Waals surface area contributed by atoms with Gasteiger partial charge in [0.25, 0.3) is 0 Å². The number of carbonyl (C=O) groups excluding carboxylic acids is 1. The lowest BCUT2D eigenvalue weighted by molar-refractivity contribution is 0.0663. The second kappa shape index (κ2) is 3.76. The molecule has 0 atom stereocenters. The lowest BCUT2D eigenvalue weighted by Crippen LogP contribution is -1.96. The zero-order valence-electron chi connectivity index (χ0n) is 9.64. The van der Waals surface area contributed by atoms with Gasteiger partial charge >= 0.3 is 5.97 Å². The predicted octanol–water partition coefficient (Wildman–Crippen LogP) is 2.05. The van der Waals surface area contributed by atoms with Crippen LogP contribution in [0.5, 0.6) is 11.5 Å². The molecule has 3 N–H and O–H groups in total. The first-order chi connectivity index (χ1) is 8.34. The number of furan rings is 1. The fraction of sp³-hybridized carbons (Fsp3) is 0.167. The minimum Gasteiger partial charge on any atom is -0.507 e. The summed E-state index contributed by atoms with van der Waals surface area (Å²) >= 11 is 0. The molecule has 1 aromatic heterocycles. The normalized spacial score (nSPS) is 10.8. The standard InChI is InChI=1S/C12H10O6/c1-4-8-7(18-11(4)12(16)17)3-6(14)9(5(2)13)10(8)15/h3,14-15H,1-2H3,(H,16,17). The number of carboxylic acids is 1. The van der Waals surface area contributed by atoms with Crippen molar-refractivity contribution >= 4 is 22.7 Å². The van der Waals surface area contributed by atoms with E-state index < -0.39 is 23.3 Å². The molecule has 94 valence electrons. The molecule has 0 aliphatic rings. The Balaban J connectivity index is 2.93. The zero-order chi connectivity index (χ0) is 13.6. The van der Waals surface area contributed by atoms with Crippen molar-refractivity contribution in [1.82, 2.24) is 0 Å². The van der Waals surface area contributed by atoms with Crippen LogP contribution in [0.1, 0.15) is 33.4 Å². The fourth-order valence-electron chi connectivity index (χ4n) is 1.93. The summed E-state index contributed by atoms with van der Waals surface area (Å²) in [5.41, 5.74) is -0.0225. The summed E-state index contributed by atoms with van der Waals surface area (Å²) in [5, 5.41) is 28.6. The molecule has 2 rings (SSSR count). The Bertz CT molecular complexity index is 680. The number of Topliss-reactive ketones (excluding diaryl/α,β-unsaturated/α-hetero) is 1. The van der Waals surface area contributed by atoms with Crippen LogP contribution in [0, 0.1) is 6.92 Å². The smallest absolute Gasteiger partial charge is 0.372 e. The maximum Gasteiger partial charge on any atom is 0.372 e. The molecule has 0 aliphatic carbocycles. The molecule has 0 radical (unpaired) electrons. The Hall–Kier alpha value is -2.50. The third kappa shape index (κ3) is 1.50. The number of ketones is 1. The average Bonchev–Trinajstić information content (AvgIpc) is 2.55. The van der Waals surface area contributed by atoms with Crippen molar-refractivity contribution in [2.24, 2.45) is 0 Å². The van der Waals surface area contributed by atoms with Crippen LogP contribution < -0.4 is 0 Å². The van der Waals surface area contributed by atoms with Gasteiger partial charge in [-0.2, -0.15) is 0 Å². The van der Waals surface area contributed by atoms with Gasteiger partial charge in [0.05, 0.1) is 5.39 Å². The van der Waals surface area contributed by atoms with Gasteiger partial charge in [-0.1, -0.05) is 0 Å². The molecule has 0 unspecified atom stereocenters. The van der Waals surface area contributed by atoms with E-state index in [2.05, 4.69) is 0 Å². The Morgan fingerprint density at radius 3 is 2.39 bits per heavy atom. The van der Waals surface area contributed by atoms with Gasteiger partial charge in [-0.25, -0.2) is 4.79 Å². The number of fused-ring (bicyclic) bond motifs is 1. The van der Waals surface area contributed by atoms with E-state index in [1.54, 1.807) is 0 Å². The number of hydrogen-bond donors (Lipinski definition) is 3. The Labute approximate surface area is 101 Å². The number of phenols is 2. The molecule has 1 aromatic carbocycles. The molecule has 0 amide bonds. The predicted molar refractivity (Wildman–Crippen MR) is 61.2 cm³/mol. The maximum absolute atomic E-state index is 11.3. The van der Waals surface area contributed by atoms with Gasteiger partial charge in [0, 0.05) is 11.6 Å². The molecule has 2 aromatic rings. The molecule has 0 saturated heterocycles. The van der Waals surface area contributed by atoms with E-state index >= 15 is 0 Å². The van der Waals surface area contributed by atoms with Gasteiger partial charge in [0.2, 0.25) is 5.76 Å². The Morgan fingerprint density at radius 2 is 1.89 bits per heavy atom. The van der Waals surface area contributed by atoms with E-state index in [4.69, 9.17) is 9.52 Å². The van der Waals surface area contributed by atoms with E-state index in [1.165, 1.54) is 13.8 Å². The van der Waals surface area contributed by atoms with E-state index in [0.29, 0.717) is 0 Å². The number of aromatic hydroxyl groups is 2. The quantitative estimate of drug-likeness (QED) is 0.704. The molecule has 0 saturated carbocycles. The maximum atomic E-state index is 11.3. The number of carbonyl (C=O) groups is 2. The van der Waals surface area contributed by atoms with Crippen LogP contribution in [0.3, 0.4) is 0 Å². The molecule has 6 heteroatoms. The second-order valence-electron chi connectivity index (χ2n) is 3.91. The van der Waals surface area contributed by atoms with Crippen molar-refractivity contribution < 1.29 is 29.3 Å². The minimum atomic E-state index is -1.29. The van der Waals surface area contributed by atoms with Crippen molar-refractivity contribution in [1.29, 1.82) is 0 Å². The van der Waals surface area contributed by atoms with Gasteiger partial charge < -0.3 is 19.7 Å². The highest BCUT2D eigenvalue weighted by atomic mass is 16.4. The van der Waals surface area contributed by atoms with Crippen LogP contribution in [-0.4, -0.2) is 27.1 Å². The summed E-state index contributed by atoms with van der Waals surface area (Å²) in [6.45, 7) is 2.64. The first-order valence-electron chi connectivity index (χ1n) is 5.06. The number of rotatable bonds is 2. The Morgan fingerprint density at radius 1 is 1.28 bits per heavy atom. The average molecular weight is 250 g/mol. The number of phenolic OH excluding ortho intramolecular Hbond substituents is 2. The molecule has 1 heterocycles. The number of aromatic carboxylic acids is 1. The summed E-state index contributed by atoms with van der Waals surface area (Å²) in [5.74, 6) is -3.05. The minimum absolute atomic E-state index is 0.0184. The lowest BCUT2D eigenvalue weighted by Gasteiger charge is -2.04. The number of carboxylic acid groups (broad SMARTS) is 1. The molecular formula is C12H10O6. The third-order valence-corrected chi connectivity index (χ3v) is 2.72. The van der Waals surface area contributed by atoms with Crippen LogP contribution in [0.25, 0.3) is 11.0 Å². The molecule has 0 aliphatic heterocycles. The van der Waals surface area contributed by atoms with Crippen LogP contribution in [0.15, 0.2) is 10.5 Å². The topological polar surface area (TPSA) is 108 Å². The number of benzene rings is 1. The summed E-state index contributed by atoms with van der Waals surface area (Å²) < 4.78 is 5.03. The van der Waals surface area contributed by atoms with Crippen LogP contribution in [0.2, 0.25) is 0 Å². The zero-order valence-corrected chi connectivity index (χ0v) is 9.64. The summed E-state index contributed by atoms with van der Waals surface area (Å²) in [6, 6.07) is 1.12. The molecule has 0 fully saturated rings. The molecule has 0 spiro atoms. The highest BCUT2D eigenvalue weighted by Gasteiger charge is 2.24. The second-order valence-corrected chi connectivity index (χ2v) is 3.91. The monoisotopic (exact) mass is 250 g/mol. The highest BCUT2D eigenvalue weighted by Crippen LogP contribution is 2.40. The van der Waals surface area contributed by atoms with Gasteiger partial charge in [-0.05, 0) is 13.8 Å². The van der Waals surface area contributed by atoms with Crippen molar-refractivity contribution in [3.63, 3.8) is 0 Å². The lowest BCUT2D eigenvalue weighted by atomic mass is 10.0. The van der Waals surface area contributed by atoms with E-state index in [-0.39, 0.29) is 27.9 Å².